The number of methoxy groups -OCH3 is 1. The Bertz CT molecular complexity index is 855. The summed E-state index contributed by atoms with van der Waals surface area (Å²) in [5.41, 5.74) is 2.68. The highest BCUT2D eigenvalue weighted by Crippen LogP contribution is 2.40. The van der Waals surface area contributed by atoms with E-state index in [0.29, 0.717) is 11.3 Å². The molecule has 2 aromatic rings. The minimum atomic E-state index is -0.118. The van der Waals surface area contributed by atoms with Gasteiger partial charge in [0.25, 0.3) is 5.91 Å². The second-order valence-electron chi connectivity index (χ2n) is 6.63. The van der Waals surface area contributed by atoms with Gasteiger partial charge in [0.15, 0.2) is 0 Å². The largest absolute Gasteiger partial charge is 0.507 e. The van der Waals surface area contributed by atoms with Gasteiger partial charge in [-0.25, -0.2) is 0 Å². The van der Waals surface area contributed by atoms with Gasteiger partial charge in [0.05, 0.1) is 24.4 Å². The van der Waals surface area contributed by atoms with Crippen LogP contribution in [0.25, 0.3) is 5.57 Å². The van der Waals surface area contributed by atoms with Crippen LogP contribution in [0.5, 0.6) is 11.5 Å². The number of carbonyl (C=O) groups is 1. The normalized spacial score (nSPS) is 22.0. The van der Waals surface area contributed by atoms with Crippen LogP contribution in [-0.2, 0) is 7.05 Å². The molecule has 0 aliphatic carbocycles. The van der Waals surface area contributed by atoms with Crippen molar-refractivity contribution in [2.24, 2.45) is 7.05 Å². The Hall–Kier alpha value is -2.76. The molecule has 1 fully saturated rings. The lowest BCUT2D eigenvalue weighted by atomic mass is 9.97. The van der Waals surface area contributed by atoms with Crippen molar-refractivity contribution < 1.29 is 14.6 Å². The lowest BCUT2D eigenvalue weighted by Crippen LogP contribution is -2.43. The zero-order valence-corrected chi connectivity index (χ0v) is 14.3. The van der Waals surface area contributed by atoms with Crippen LogP contribution in [-0.4, -0.2) is 44.9 Å². The summed E-state index contributed by atoms with van der Waals surface area (Å²) in [6, 6.07) is 7.06. The number of phenolic OH excluding ortho intramolecular Hbond substituents is 1. The molecule has 2 aliphatic heterocycles. The first-order chi connectivity index (χ1) is 12.1. The van der Waals surface area contributed by atoms with Gasteiger partial charge < -0.3 is 14.7 Å². The average Bonchev–Trinajstić information content (AvgIpc) is 3.14. The van der Waals surface area contributed by atoms with E-state index in [-0.39, 0.29) is 23.7 Å². The molecule has 0 unspecified atom stereocenters. The maximum atomic E-state index is 13.0. The molecular weight excluding hydrogens is 318 g/mol. The smallest absolute Gasteiger partial charge is 0.258 e. The summed E-state index contributed by atoms with van der Waals surface area (Å²) in [4.78, 5) is 14.9. The molecule has 2 bridgehead atoms. The number of ether oxygens (including phenoxy) is 1. The second kappa shape index (κ2) is 5.95. The number of benzene rings is 1. The summed E-state index contributed by atoms with van der Waals surface area (Å²) in [7, 11) is 3.47. The zero-order chi connectivity index (χ0) is 17.6. The molecule has 6 nitrogen and oxygen atoms in total. The quantitative estimate of drug-likeness (QED) is 0.933. The van der Waals surface area contributed by atoms with Crippen LogP contribution in [0.2, 0.25) is 0 Å². The molecule has 25 heavy (non-hydrogen) atoms. The van der Waals surface area contributed by atoms with Gasteiger partial charge >= 0.3 is 0 Å². The number of phenols is 1. The third-order valence-corrected chi connectivity index (χ3v) is 5.22. The van der Waals surface area contributed by atoms with E-state index in [1.165, 1.54) is 18.7 Å². The fraction of sp³-hybridized carbons (Fsp3) is 0.368. The SMILES string of the molecule is COc1ccc(C(=O)N2[C@@H]3CC[C@@H]2C=C(c2ccnn2C)C3)c(O)c1. The number of rotatable bonds is 3. The van der Waals surface area contributed by atoms with Crippen LogP contribution in [0, 0.1) is 0 Å². The first kappa shape index (κ1) is 15.7. The third-order valence-electron chi connectivity index (χ3n) is 5.22. The van der Waals surface area contributed by atoms with Crippen molar-refractivity contribution in [3.63, 3.8) is 0 Å². The van der Waals surface area contributed by atoms with Crippen molar-refractivity contribution in [1.29, 1.82) is 0 Å². The minimum Gasteiger partial charge on any atom is -0.507 e. The Balaban J connectivity index is 1.63. The number of aromatic hydroxyl groups is 1. The number of aryl methyl sites for hydroxylation is 1. The summed E-state index contributed by atoms with van der Waals surface area (Å²) in [6.45, 7) is 0. The van der Waals surface area contributed by atoms with Crippen LogP contribution in [0.4, 0.5) is 0 Å². The number of hydrogen-bond donors (Lipinski definition) is 1. The Morgan fingerprint density at radius 1 is 1.32 bits per heavy atom. The van der Waals surface area contributed by atoms with Crippen LogP contribution in [0.15, 0.2) is 36.5 Å². The number of aromatic nitrogens is 2. The molecule has 1 saturated heterocycles. The number of amides is 1. The first-order valence-corrected chi connectivity index (χ1v) is 8.47. The second-order valence-corrected chi connectivity index (χ2v) is 6.63. The van der Waals surface area contributed by atoms with Crippen molar-refractivity contribution in [1.82, 2.24) is 14.7 Å². The summed E-state index contributed by atoms with van der Waals surface area (Å²) < 4.78 is 6.97. The van der Waals surface area contributed by atoms with Gasteiger partial charge in [0.2, 0.25) is 0 Å². The third kappa shape index (κ3) is 2.58. The number of carbonyl (C=O) groups excluding carboxylic acids is 1. The van der Waals surface area contributed by atoms with E-state index >= 15 is 0 Å². The van der Waals surface area contributed by atoms with E-state index in [0.717, 1.165) is 25.0 Å². The molecule has 1 aromatic carbocycles. The molecule has 6 heteroatoms. The number of nitrogens with zero attached hydrogens (tertiary/aromatic N) is 3. The van der Waals surface area contributed by atoms with E-state index in [1.54, 1.807) is 18.3 Å². The molecule has 1 amide bonds. The van der Waals surface area contributed by atoms with E-state index in [9.17, 15) is 9.90 Å². The molecule has 130 valence electrons. The van der Waals surface area contributed by atoms with Gasteiger partial charge in [0, 0.05) is 25.4 Å². The van der Waals surface area contributed by atoms with Gasteiger partial charge in [-0.1, -0.05) is 6.08 Å². The van der Waals surface area contributed by atoms with Crippen LogP contribution in [0.1, 0.15) is 35.3 Å². The summed E-state index contributed by atoms with van der Waals surface area (Å²) in [6.07, 6.45) is 6.72. The Morgan fingerprint density at radius 2 is 2.16 bits per heavy atom. The van der Waals surface area contributed by atoms with Crippen molar-refractivity contribution in [2.75, 3.05) is 7.11 Å². The highest BCUT2D eigenvalue weighted by Gasteiger charge is 2.40. The molecule has 3 heterocycles. The van der Waals surface area contributed by atoms with Crippen LogP contribution >= 0.6 is 0 Å². The maximum absolute atomic E-state index is 13.0. The minimum absolute atomic E-state index is 0.0369. The topological polar surface area (TPSA) is 67.6 Å². The predicted molar refractivity (Wildman–Crippen MR) is 93.4 cm³/mol. The Kier molecular flexibility index (Phi) is 3.75. The van der Waals surface area contributed by atoms with E-state index in [2.05, 4.69) is 11.2 Å². The molecule has 4 rings (SSSR count). The predicted octanol–water partition coefficient (Wildman–Crippen LogP) is 2.59. The fourth-order valence-corrected chi connectivity index (χ4v) is 3.98. The summed E-state index contributed by atoms with van der Waals surface area (Å²) in [5.74, 6) is 0.382. The average molecular weight is 339 g/mol. The summed E-state index contributed by atoms with van der Waals surface area (Å²) >= 11 is 0. The Morgan fingerprint density at radius 3 is 2.80 bits per heavy atom. The lowest BCUT2D eigenvalue weighted by molar-refractivity contribution is 0.0689. The van der Waals surface area contributed by atoms with Gasteiger partial charge in [-0.3, -0.25) is 9.48 Å². The van der Waals surface area contributed by atoms with E-state index in [4.69, 9.17) is 4.74 Å². The number of fused-ring (bicyclic) bond motifs is 2. The van der Waals surface area contributed by atoms with Gasteiger partial charge in [0.1, 0.15) is 11.5 Å². The monoisotopic (exact) mass is 339 g/mol. The highest BCUT2D eigenvalue weighted by atomic mass is 16.5. The highest BCUT2D eigenvalue weighted by molar-refractivity contribution is 5.98. The van der Waals surface area contributed by atoms with E-state index in [1.807, 2.05) is 22.7 Å². The molecule has 0 spiro atoms. The zero-order valence-electron chi connectivity index (χ0n) is 14.3. The van der Waals surface area contributed by atoms with Crippen LogP contribution < -0.4 is 4.74 Å². The molecule has 0 radical (unpaired) electrons. The molecule has 0 saturated carbocycles. The van der Waals surface area contributed by atoms with Crippen molar-refractivity contribution in [3.8, 4) is 11.5 Å². The maximum Gasteiger partial charge on any atom is 0.258 e. The van der Waals surface area contributed by atoms with Gasteiger partial charge in [-0.05, 0) is 43.0 Å². The molecule has 2 aliphatic rings. The van der Waals surface area contributed by atoms with Gasteiger partial charge in [-0.2, -0.15) is 5.10 Å². The summed E-state index contributed by atoms with van der Waals surface area (Å²) in [5, 5.41) is 14.4. The standard InChI is InChI=1S/C19H21N3O3/c1-21-17(7-8-20-21)12-9-13-3-4-14(10-12)22(13)19(24)16-6-5-15(25-2)11-18(16)23/h5-9,11,13-14,23H,3-4,10H2,1-2H3/t13-,14-/m1/s1. The molecule has 1 aromatic heterocycles. The van der Waals surface area contributed by atoms with Crippen molar-refractivity contribution >= 4 is 11.5 Å². The molecule has 1 N–H and O–H groups in total. The lowest BCUT2D eigenvalue weighted by Gasteiger charge is -2.34. The molecule has 2 atom stereocenters. The number of hydrogen-bond acceptors (Lipinski definition) is 4. The van der Waals surface area contributed by atoms with E-state index < -0.39 is 0 Å². The Labute approximate surface area is 146 Å². The molecular formula is C19H21N3O3. The first-order valence-electron chi connectivity index (χ1n) is 8.47. The fourth-order valence-electron chi connectivity index (χ4n) is 3.98. The van der Waals surface area contributed by atoms with Crippen molar-refractivity contribution in [3.05, 3.63) is 47.8 Å². The van der Waals surface area contributed by atoms with Gasteiger partial charge in [-0.15, -0.1) is 0 Å². The van der Waals surface area contributed by atoms with Crippen molar-refractivity contribution in [2.45, 2.75) is 31.3 Å². The van der Waals surface area contributed by atoms with Crippen LogP contribution in [0.3, 0.4) is 0 Å².